The summed E-state index contributed by atoms with van der Waals surface area (Å²) in [6.07, 6.45) is 16.4. The molecule has 0 fully saturated rings. The summed E-state index contributed by atoms with van der Waals surface area (Å²) in [6.45, 7) is 9.49. The quantitative estimate of drug-likeness (QED) is 0.290. The maximum atomic E-state index is 2.46. The third kappa shape index (κ3) is 5.12. The number of fused-ring (bicyclic) bond motifs is 2. The Morgan fingerprint density at radius 2 is 1.16 bits per heavy atom. The van der Waals surface area contributed by atoms with Gasteiger partial charge in [0, 0.05) is 9.75 Å². The molecule has 4 rings (SSSR count). The van der Waals surface area contributed by atoms with E-state index in [0.717, 1.165) is 23.7 Å². The van der Waals surface area contributed by atoms with Gasteiger partial charge in [0.2, 0.25) is 0 Å². The van der Waals surface area contributed by atoms with Crippen molar-refractivity contribution in [1.29, 1.82) is 0 Å². The van der Waals surface area contributed by atoms with Crippen molar-refractivity contribution in [1.82, 2.24) is 0 Å². The highest BCUT2D eigenvalue weighted by molar-refractivity contribution is 7.12. The van der Waals surface area contributed by atoms with Crippen molar-refractivity contribution in [3.05, 3.63) is 43.8 Å². The van der Waals surface area contributed by atoms with Gasteiger partial charge in [0.15, 0.2) is 0 Å². The van der Waals surface area contributed by atoms with Crippen LogP contribution < -0.4 is 0 Å². The third-order valence-corrected chi connectivity index (χ3v) is 10.4. The van der Waals surface area contributed by atoms with Crippen LogP contribution in [0, 0.1) is 11.8 Å². The van der Waals surface area contributed by atoms with Crippen LogP contribution in [-0.2, 0) is 0 Å². The highest BCUT2D eigenvalue weighted by atomic mass is 32.1. The van der Waals surface area contributed by atoms with Crippen molar-refractivity contribution < 1.29 is 0 Å². The molecule has 0 radical (unpaired) electrons. The van der Waals surface area contributed by atoms with Crippen molar-refractivity contribution in [3.63, 3.8) is 0 Å². The second kappa shape index (κ2) is 11.5. The van der Waals surface area contributed by atoms with Gasteiger partial charge in [-0.15, -0.1) is 22.7 Å². The zero-order chi connectivity index (χ0) is 22.5. The highest BCUT2D eigenvalue weighted by Crippen LogP contribution is 2.56. The molecule has 176 valence electrons. The van der Waals surface area contributed by atoms with Crippen LogP contribution in [0.1, 0.15) is 137 Å². The van der Waals surface area contributed by atoms with Gasteiger partial charge in [0.05, 0.1) is 0 Å². The number of unbranched alkanes of at least 4 members (excludes halogenated alkanes) is 2. The van der Waals surface area contributed by atoms with Crippen molar-refractivity contribution in [2.45, 2.75) is 117 Å². The van der Waals surface area contributed by atoms with E-state index in [-0.39, 0.29) is 0 Å². The summed E-state index contributed by atoms with van der Waals surface area (Å²) in [6, 6.07) is 4.93. The molecule has 2 aromatic heterocycles. The summed E-state index contributed by atoms with van der Waals surface area (Å²) in [7, 11) is 0. The summed E-state index contributed by atoms with van der Waals surface area (Å²) in [5, 5.41) is 4.73. The lowest BCUT2D eigenvalue weighted by molar-refractivity contribution is 0.389. The molecule has 4 atom stereocenters. The average molecular weight is 469 g/mol. The van der Waals surface area contributed by atoms with Crippen molar-refractivity contribution in [3.8, 4) is 0 Å². The standard InChI is InChI=1S/C30H44S2/c1-5-9-11-21(7-3)17-23-19-27(29-25(23)13-15-31-29)28-20-24(26-14-16-32-30(26)28)18-22(8-4)12-10-6-2/h13-16,21-24H,5-12,17-20H2,1-4H3. The van der Waals surface area contributed by atoms with E-state index in [9.17, 15) is 0 Å². The Balaban J connectivity index is 1.56. The molecule has 0 saturated heterocycles. The van der Waals surface area contributed by atoms with Gasteiger partial charge in [-0.1, -0.05) is 79.1 Å². The lowest BCUT2D eigenvalue weighted by Crippen LogP contribution is -2.05. The van der Waals surface area contributed by atoms with E-state index in [1.54, 1.807) is 32.0 Å². The summed E-state index contributed by atoms with van der Waals surface area (Å²) in [5.74, 6) is 3.32. The predicted octanol–water partition coefficient (Wildman–Crippen LogP) is 10.9. The first-order chi connectivity index (χ1) is 15.7. The maximum absolute atomic E-state index is 2.46. The Morgan fingerprint density at radius 3 is 1.53 bits per heavy atom. The van der Waals surface area contributed by atoms with Gasteiger partial charge < -0.3 is 0 Å². The monoisotopic (exact) mass is 468 g/mol. The number of thiophene rings is 2. The average Bonchev–Trinajstić information content (AvgIpc) is 3.57. The molecule has 0 nitrogen and oxygen atoms in total. The molecular formula is C30H44S2. The van der Waals surface area contributed by atoms with Crippen LogP contribution in [0.15, 0.2) is 22.9 Å². The summed E-state index contributed by atoms with van der Waals surface area (Å²) >= 11 is 4.04. The minimum atomic E-state index is 0.760. The molecule has 0 spiro atoms. The molecule has 32 heavy (non-hydrogen) atoms. The van der Waals surface area contributed by atoms with Gasteiger partial charge >= 0.3 is 0 Å². The smallest absolute Gasteiger partial charge is 0.0340 e. The molecule has 0 N–H and O–H groups in total. The molecule has 2 heteroatoms. The van der Waals surface area contributed by atoms with Crippen LogP contribution >= 0.6 is 22.7 Å². The van der Waals surface area contributed by atoms with E-state index in [1.165, 1.54) is 77.0 Å². The fraction of sp³-hybridized carbons (Fsp3) is 0.667. The van der Waals surface area contributed by atoms with Crippen molar-refractivity contribution >= 4 is 33.8 Å². The number of allylic oxidation sites excluding steroid dienone is 2. The molecule has 2 aromatic rings. The van der Waals surface area contributed by atoms with Gasteiger partial charge in [-0.3, -0.25) is 0 Å². The predicted molar refractivity (Wildman–Crippen MR) is 146 cm³/mol. The molecule has 0 saturated carbocycles. The van der Waals surface area contributed by atoms with E-state index in [2.05, 4.69) is 50.6 Å². The van der Waals surface area contributed by atoms with Crippen LogP contribution in [0.25, 0.3) is 11.1 Å². The minimum Gasteiger partial charge on any atom is -0.144 e. The van der Waals surface area contributed by atoms with Gasteiger partial charge in [0.1, 0.15) is 0 Å². The Kier molecular flexibility index (Phi) is 8.74. The second-order valence-electron chi connectivity index (χ2n) is 10.5. The molecule has 2 heterocycles. The van der Waals surface area contributed by atoms with Crippen LogP contribution in [0.2, 0.25) is 0 Å². The molecule has 0 aromatic carbocycles. The summed E-state index contributed by atoms with van der Waals surface area (Å²) < 4.78 is 0. The Labute approximate surface area is 205 Å². The van der Waals surface area contributed by atoms with E-state index in [1.807, 2.05) is 22.7 Å². The summed E-state index contributed by atoms with van der Waals surface area (Å²) in [5.41, 5.74) is 6.84. The van der Waals surface area contributed by atoms with E-state index < -0.39 is 0 Å². The Morgan fingerprint density at radius 1 is 0.719 bits per heavy atom. The van der Waals surface area contributed by atoms with E-state index >= 15 is 0 Å². The first-order valence-corrected chi connectivity index (χ1v) is 15.3. The number of hydrogen-bond donors (Lipinski definition) is 0. The third-order valence-electron chi connectivity index (χ3n) is 8.41. The first kappa shape index (κ1) is 24.3. The second-order valence-corrected chi connectivity index (χ2v) is 12.3. The van der Waals surface area contributed by atoms with Crippen molar-refractivity contribution in [2.75, 3.05) is 0 Å². The Bertz CT molecular complexity index is 810. The molecule has 0 bridgehead atoms. The SMILES string of the molecule is CCCCC(CC)CC1CC(=C2CC(CC(CC)CCCC)c3ccsc32)c2sccc21. The molecule has 2 aliphatic rings. The minimum absolute atomic E-state index is 0.760. The van der Waals surface area contributed by atoms with E-state index in [0.29, 0.717) is 0 Å². The van der Waals surface area contributed by atoms with Gasteiger partial charge in [-0.25, -0.2) is 0 Å². The first-order valence-electron chi connectivity index (χ1n) is 13.6. The Hall–Kier alpha value is -0.860. The zero-order valence-corrected chi connectivity index (χ0v) is 22.6. The van der Waals surface area contributed by atoms with Crippen molar-refractivity contribution in [2.24, 2.45) is 11.8 Å². The topological polar surface area (TPSA) is 0 Å². The highest BCUT2D eigenvalue weighted by Gasteiger charge is 2.36. The van der Waals surface area contributed by atoms with Crippen LogP contribution in [0.3, 0.4) is 0 Å². The number of hydrogen-bond acceptors (Lipinski definition) is 2. The fourth-order valence-electron chi connectivity index (χ4n) is 6.38. The largest absolute Gasteiger partial charge is 0.144 e. The van der Waals surface area contributed by atoms with Crippen LogP contribution in [-0.4, -0.2) is 0 Å². The normalized spacial score (nSPS) is 24.0. The van der Waals surface area contributed by atoms with Crippen LogP contribution in [0.5, 0.6) is 0 Å². The van der Waals surface area contributed by atoms with E-state index in [4.69, 9.17) is 0 Å². The lowest BCUT2D eigenvalue weighted by atomic mass is 9.85. The molecule has 0 aliphatic heterocycles. The van der Waals surface area contributed by atoms with Gasteiger partial charge in [0.25, 0.3) is 0 Å². The lowest BCUT2D eigenvalue weighted by Gasteiger charge is -2.20. The molecule has 4 unspecified atom stereocenters. The number of rotatable bonds is 12. The zero-order valence-electron chi connectivity index (χ0n) is 20.9. The molecular weight excluding hydrogens is 424 g/mol. The van der Waals surface area contributed by atoms with Gasteiger partial charge in [-0.2, -0.15) is 0 Å². The molecule has 0 amide bonds. The fourth-order valence-corrected chi connectivity index (χ4v) is 8.52. The molecule has 2 aliphatic carbocycles. The van der Waals surface area contributed by atoms with Crippen LogP contribution in [0.4, 0.5) is 0 Å². The maximum Gasteiger partial charge on any atom is 0.0340 e. The summed E-state index contributed by atoms with van der Waals surface area (Å²) in [4.78, 5) is 3.29. The van der Waals surface area contributed by atoms with Gasteiger partial charge in [-0.05, 0) is 94.5 Å².